The third-order valence-corrected chi connectivity index (χ3v) is 3.51. The molecule has 6 nitrogen and oxygen atoms in total. The third kappa shape index (κ3) is 2.20. The lowest BCUT2D eigenvalue weighted by Gasteiger charge is -2.25. The number of hydrogen-bond acceptors (Lipinski definition) is 4. The minimum Gasteiger partial charge on any atom is -0.479 e. The summed E-state index contributed by atoms with van der Waals surface area (Å²) in [6.45, 7) is 0.382. The molecule has 0 aromatic heterocycles. The van der Waals surface area contributed by atoms with Crippen LogP contribution in [-0.2, 0) is 9.59 Å². The maximum absolute atomic E-state index is 13.3. The molecule has 1 heterocycles. The summed E-state index contributed by atoms with van der Waals surface area (Å²) in [6.07, 6.45) is 0. The smallest absolute Gasteiger partial charge is 0.337 e. The molecule has 2 N–H and O–H groups in total. The summed E-state index contributed by atoms with van der Waals surface area (Å²) in [7, 11) is 0. The number of fused-ring (bicyclic) bond motifs is 1. The maximum Gasteiger partial charge on any atom is 0.337 e. The van der Waals surface area contributed by atoms with Crippen molar-refractivity contribution in [2.75, 3.05) is 11.4 Å². The number of amides is 1. The Morgan fingerprint density at radius 1 is 1.45 bits per heavy atom. The first-order valence-corrected chi connectivity index (χ1v) is 6.25. The van der Waals surface area contributed by atoms with Crippen LogP contribution in [0.25, 0.3) is 0 Å². The van der Waals surface area contributed by atoms with E-state index in [9.17, 15) is 23.9 Å². The van der Waals surface area contributed by atoms with Crippen LogP contribution >= 0.6 is 15.9 Å². The van der Waals surface area contributed by atoms with Gasteiger partial charge < -0.3 is 15.1 Å². The molecule has 0 saturated heterocycles. The monoisotopic (exact) mass is 345 g/mol. The van der Waals surface area contributed by atoms with E-state index in [0.29, 0.717) is 0 Å². The number of Topliss-reactive ketones (excluding diaryl/α,β-unsaturated/α-hetero) is 1. The second-order valence-electron chi connectivity index (χ2n) is 4.58. The van der Waals surface area contributed by atoms with E-state index in [1.165, 1.54) is 0 Å². The molecule has 0 radical (unpaired) electrons. The van der Waals surface area contributed by atoms with Gasteiger partial charge in [-0.25, -0.2) is 9.18 Å². The summed E-state index contributed by atoms with van der Waals surface area (Å²) in [6, 6.07) is 1.95. The molecule has 1 amide bonds. The molecule has 1 aliphatic rings. The fourth-order valence-corrected chi connectivity index (χ4v) is 2.53. The van der Waals surface area contributed by atoms with Crippen molar-refractivity contribution >= 4 is 39.3 Å². The Labute approximate surface area is 120 Å². The Bertz CT molecular complexity index is 643. The molecule has 106 valence electrons. The summed E-state index contributed by atoms with van der Waals surface area (Å²) in [4.78, 5) is 35.3. The van der Waals surface area contributed by atoms with Crippen LogP contribution in [0.5, 0.6) is 0 Å². The van der Waals surface area contributed by atoms with E-state index < -0.39 is 35.6 Å². The predicted molar refractivity (Wildman–Crippen MR) is 69.0 cm³/mol. The topological polar surface area (TPSA) is 94.9 Å². The lowest BCUT2D eigenvalue weighted by Crippen LogP contribution is -2.48. The molecular formula is C12H9BrFNO5. The van der Waals surface area contributed by atoms with Gasteiger partial charge in [-0.15, -0.1) is 0 Å². The zero-order chi connectivity index (χ0) is 15.2. The molecule has 1 unspecified atom stereocenters. The average molecular weight is 346 g/mol. The van der Waals surface area contributed by atoms with Crippen LogP contribution in [0.2, 0.25) is 0 Å². The van der Waals surface area contributed by atoms with Crippen molar-refractivity contribution in [2.45, 2.75) is 12.5 Å². The van der Waals surface area contributed by atoms with E-state index in [-0.39, 0.29) is 15.7 Å². The first kappa shape index (κ1) is 14.6. The molecule has 20 heavy (non-hydrogen) atoms. The van der Waals surface area contributed by atoms with Gasteiger partial charge in [0.25, 0.3) is 11.7 Å². The van der Waals surface area contributed by atoms with E-state index in [4.69, 9.17) is 5.11 Å². The van der Waals surface area contributed by atoms with E-state index in [2.05, 4.69) is 15.9 Å². The summed E-state index contributed by atoms with van der Waals surface area (Å²) >= 11 is 3.02. The summed E-state index contributed by atoms with van der Waals surface area (Å²) in [5.74, 6) is -4.19. The van der Waals surface area contributed by atoms with Crippen LogP contribution in [0.15, 0.2) is 16.6 Å². The number of hydrogen-bond donors (Lipinski definition) is 2. The zero-order valence-electron chi connectivity index (χ0n) is 10.2. The number of ketones is 1. The summed E-state index contributed by atoms with van der Waals surface area (Å²) in [5, 5.41) is 18.6. The molecule has 0 spiro atoms. The second-order valence-corrected chi connectivity index (χ2v) is 5.44. The first-order chi connectivity index (χ1) is 9.15. The van der Waals surface area contributed by atoms with Gasteiger partial charge in [-0.2, -0.15) is 0 Å². The number of β-amino-alcohol motifs (C(OH)–C–C–N with tert-alkyl or cyclic N) is 1. The van der Waals surface area contributed by atoms with Gasteiger partial charge >= 0.3 is 5.97 Å². The third-order valence-electron chi connectivity index (χ3n) is 2.91. The molecule has 1 aromatic rings. The van der Waals surface area contributed by atoms with Gasteiger partial charge in [0.1, 0.15) is 5.82 Å². The largest absolute Gasteiger partial charge is 0.479 e. The fourth-order valence-electron chi connectivity index (χ4n) is 1.88. The van der Waals surface area contributed by atoms with Crippen LogP contribution in [0.1, 0.15) is 17.3 Å². The van der Waals surface area contributed by atoms with E-state index >= 15 is 0 Å². The summed E-state index contributed by atoms with van der Waals surface area (Å²) in [5.41, 5.74) is -2.34. The number of aliphatic carboxylic acids is 1. The molecule has 1 atom stereocenters. The number of carbonyl (C=O) groups excluding carboxylic acids is 2. The quantitative estimate of drug-likeness (QED) is 0.795. The molecule has 1 aromatic carbocycles. The van der Waals surface area contributed by atoms with Crippen molar-refractivity contribution < 1.29 is 29.0 Å². The highest BCUT2D eigenvalue weighted by Crippen LogP contribution is 2.37. The number of carboxylic acid groups (broad SMARTS) is 1. The Balaban J connectivity index is 2.51. The van der Waals surface area contributed by atoms with Crippen LogP contribution in [-0.4, -0.2) is 40.0 Å². The predicted octanol–water partition coefficient (Wildman–Crippen LogP) is 0.953. The van der Waals surface area contributed by atoms with Crippen molar-refractivity contribution in [3.05, 3.63) is 28.0 Å². The van der Waals surface area contributed by atoms with Crippen LogP contribution in [0, 0.1) is 5.82 Å². The number of anilines is 1. The van der Waals surface area contributed by atoms with Gasteiger partial charge in [0.2, 0.25) is 0 Å². The minimum atomic E-state index is -2.23. The lowest BCUT2D eigenvalue weighted by molar-refractivity contribution is -0.155. The normalized spacial score (nSPS) is 17.1. The van der Waals surface area contributed by atoms with E-state index in [1.807, 2.05) is 0 Å². The Kier molecular flexibility index (Phi) is 3.39. The van der Waals surface area contributed by atoms with Crippen molar-refractivity contribution in [1.82, 2.24) is 0 Å². The molecule has 8 heteroatoms. The highest BCUT2D eigenvalue weighted by atomic mass is 79.9. The number of aliphatic hydroxyl groups is 1. The van der Waals surface area contributed by atoms with Crippen molar-refractivity contribution in [3.8, 4) is 0 Å². The number of nitrogens with zero attached hydrogens (tertiary/aromatic N) is 1. The average Bonchev–Trinajstić information content (AvgIpc) is 2.54. The van der Waals surface area contributed by atoms with Crippen LogP contribution < -0.4 is 4.90 Å². The van der Waals surface area contributed by atoms with Gasteiger partial charge in [0, 0.05) is 4.47 Å². The highest BCUT2D eigenvalue weighted by molar-refractivity contribution is 9.10. The second kappa shape index (κ2) is 4.64. The molecule has 1 aliphatic heterocycles. The molecular weight excluding hydrogens is 337 g/mol. The Hall–Kier alpha value is -1.80. The Morgan fingerprint density at radius 3 is 2.60 bits per heavy atom. The van der Waals surface area contributed by atoms with E-state index in [0.717, 1.165) is 24.0 Å². The fraction of sp³-hybridized carbons (Fsp3) is 0.250. The van der Waals surface area contributed by atoms with Gasteiger partial charge in [-0.3, -0.25) is 9.59 Å². The van der Waals surface area contributed by atoms with Gasteiger partial charge in [-0.1, -0.05) is 0 Å². The summed E-state index contributed by atoms with van der Waals surface area (Å²) < 4.78 is 13.4. The van der Waals surface area contributed by atoms with Crippen molar-refractivity contribution in [2.24, 2.45) is 0 Å². The van der Waals surface area contributed by atoms with Crippen LogP contribution in [0.4, 0.5) is 10.1 Å². The lowest BCUT2D eigenvalue weighted by atomic mass is 10.1. The number of carboxylic acids is 1. The van der Waals surface area contributed by atoms with Gasteiger partial charge in [0.15, 0.2) is 5.60 Å². The maximum atomic E-state index is 13.3. The van der Waals surface area contributed by atoms with Gasteiger partial charge in [0.05, 0.1) is 17.8 Å². The molecule has 2 rings (SSSR count). The van der Waals surface area contributed by atoms with Gasteiger partial charge in [-0.05, 0) is 35.0 Å². The molecule has 0 saturated carbocycles. The molecule has 0 aliphatic carbocycles. The number of rotatable bonds is 3. The highest BCUT2D eigenvalue weighted by Gasteiger charge is 2.43. The standard InChI is InChI=1S/C12H9BrFNO5/c1-12(20,11(18)19)4-15-8-6(9(16)10(15)17)2-5(14)3-7(8)13/h2-3,20H,4H2,1H3,(H,18,19). The van der Waals surface area contributed by atoms with Crippen molar-refractivity contribution in [1.29, 1.82) is 0 Å². The number of benzene rings is 1. The number of carbonyl (C=O) groups is 3. The van der Waals surface area contributed by atoms with Crippen LogP contribution in [0.3, 0.4) is 0 Å². The molecule has 0 bridgehead atoms. The minimum absolute atomic E-state index is 0.0583. The number of halogens is 2. The first-order valence-electron chi connectivity index (χ1n) is 5.46. The SMILES string of the molecule is CC(O)(CN1C(=O)C(=O)c2cc(F)cc(Br)c21)C(=O)O. The molecule has 0 fully saturated rings. The zero-order valence-corrected chi connectivity index (χ0v) is 11.8. The van der Waals surface area contributed by atoms with Crippen molar-refractivity contribution in [3.63, 3.8) is 0 Å². The van der Waals surface area contributed by atoms with E-state index in [1.54, 1.807) is 0 Å². The Morgan fingerprint density at radius 2 is 2.05 bits per heavy atom.